The van der Waals surface area contributed by atoms with E-state index in [-0.39, 0.29) is 11.6 Å². The molecule has 1 aromatic heterocycles. The van der Waals surface area contributed by atoms with Crippen molar-refractivity contribution in [3.8, 4) is 0 Å². The average Bonchev–Trinajstić information content (AvgIpc) is 3.13. The molecule has 0 amide bonds. The van der Waals surface area contributed by atoms with Crippen molar-refractivity contribution >= 4 is 32.7 Å². The lowest BCUT2D eigenvalue weighted by Crippen LogP contribution is -2.35. The Hall–Kier alpha value is -3.45. The Balaban J connectivity index is 1.62. The molecule has 0 N–H and O–H groups in total. The van der Waals surface area contributed by atoms with Crippen molar-refractivity contribution in [3.05, 3.63) is 89.0 Å². The predicted molar refractivity (Wildman–Crippen MR) is 127 cm³/mol. The molecule has 0 radical (unpaired) electrons. The molecule has 162 valence electrons. The number of rotatable bonds is 4. The topological polar surface area (TPSA) is 66.4 Å². The van der Waals surface area contributed by atoms with Crippen LogP contribution in [0.2, 0.25) is 0 Å². The Kier molecular flexibility index (Phi) is 4.86. The van der Waals surface area contributed by atoms with Crippen molar-refractivity contribution in [1.29, 1.82) is 0 Å². The Morgan fingerprint density at radius 3 is 2.12 bits per heavy atom. The largest absolute Gasteiger partial charge is 0.330 e. The number of anilines is 2. The lowest BCUT2D eigenvalue weighted by atomic mass is 10.1. The zero-order chi connectivity index (χ0) is 22.5. The molecule has 32 heavy (non-hydrogen) atoms. The van der Waals surface area contributed by atoms with Crippen LogP contribution in [0.15, 0.2) is 71.6 Å². The van der Waals surface area contributed by atoms with Crippen molar-refractivity contribution in [3.63, 3.8) is 0 Å². The lowest BCUT2D eigenvalue weighted by molar-refractivity contribution is 0.590. The van der Waals surface area contributed by atoms with E-state index < -0.39 is 10.0 Å². The zero-order valence-corrected chi connectivity index (χ0v) is 19.1. The van der Waals surface area contributed by atoms with Crippen molar-refractivity contribution in [2.24, 2.45) is 0 Å². The summed E-state index contributed by atoms with van der Waals surface area (Å²) in [5.74, 6) is 0.950. The van der Waals surface area contributed by atoms with E-state index in [0.29, 0.717) is 23.7 Å². The van der Waals surface area contributed by atoms with Crippen LogP contribution >= 0.6 is 0 Å². The van der Waals surface area contributed by atoms with Gasteiger partial charge in [-0.05, 0) is 61.7 Å². The minimum atomic E-state index is -3.80. The minimum Gasteiger partial charge on any atom is -0.330 e. The summed E-state index contributed by atoms with van der Waals surface area (Å²) in [4.78, 5) is 11.7. The molecule has 0 unspecified atom stereocenters. The first kappa shape index (κ1) is 20.5. The Morgan fingerprint density at radius 1 is 0.812 bits per heavy atom. The Bertz CT molecular complexity index is 1430. The third-order valence-electron chi connectivity index (χ3n) is 5.93. The molecule has 0 saturated heterocycles. The van der Waals surface area contributed by atoms with Crippen LogP contribution in [-0.4, -0.2) is 25.1 Å². The summed E-state index contributed by atoms with van der Waals surface area (Å²) in [6.07, 6.45) is 0. The van der Waals surface area contributed by atoms with Gasteiger partial charge in [0.15, 0.2) is 11.6 Å². The fourth-order valence-corrected chi connectivity index (χ4v) is 5.34. The van der Waals surface area contributed by atoms with Crippen LogP contribution in [0, 0.1) is 20.8 Å². The maximum atomic E-state index is 13.7. The number of aryl methyl sites for hydroxylation is 3. The van der Waals surface area contributed by atoms with Gasteiger partial charge < -0.3 is 4.90 Å². The predicted octanol–water partition coefficient (Wildman–Crippen LogP) is 4.73. The van der Waals surface area contributed by atoms with Crippen molar-refractivity contribution < 1.29 is 8.42 Å². The standard InChI is InChI=1S/C25H24N4O2S/c1-17-8-11-20(12-9-17)15-28-16-29(32(30,31)21-13-10-18(2)19(3)14-21)25-24(28)26-22-6-4-5-7-23(22)27-25/h4-14H,15-16H2,1-3H3. The first-order valence-electron chi connectivity index (χ1n) is 10.5. The van der Waals surface area contributed by atoms with E-state index in [0.717, 1.165) is 22.2 Å². The molecule has 5 rings (SSSR count). The maximum Gasteiger partial charge on any atom is 0.267 e. The first-order chi connectivity index (χ1) is 15.3. The fraction of sp³-hybridized carbons (Fsp3) is 0.200. The van der Waals surface area contributed by atoms with Gasteiger partial charge in [-0.25, -0.2) is 22.7 Å². The number of sulfonamides is 1. The first-order valence-corrected chi connectivity index (χ1v) is 11.9. The number of nitrogens with zero attached hydrogens (tertiary/aromatic N) is 4. The van der Waals surface area contributed by atoms with Crippen LogP contribution < -0.4 is 9.21 Å². The van der Waals surface area contributed by atoms with E-state index in [1.807, 2.05) is 56.0 Å². The molecule has 0 saturated carbocycles. The Morgan fingerprint density at radius 2 is 1.47 bits per heavy atom. The average molecular weight is 445 g/mol. The van der Waals surface area contributed by atoms with E-state index in [1.54, 1.807) is 12.1 Å². The quantitative estimate of drug-likeness (QED) is 0.455. The lowest BCUT2D eigenvalue weighted by Gasteiger charge is -2.21. The molecular formula is C25H24N4O2S. The normalized spacial score (nSPS) is 13.6. The number of benzene rings is 3. The van der Waals surface area contributed by atoms with Crippen LogP contribution in [0.3, 0.4) is 0 Å². The van der Waals surface area contributed by atoms with Crippen molar-refractivity contribution in [2.45, 2.75) is 32.2 Å². The van der Waals surface area contributed by atoms with Crippen LogP contribution in [0.25, 0.3) is 11.0 Å². The van der Waals surface area contributed by atoms with E-state index in [1.165, 1.54) is 9.87 Å². The van der Waals surface area contributed by atoms with Gasteiger partial charge in [-0.15, -0.1) is 0 Å². The second-order valence-electron chi connectivity index (χ2n) is 8.28. The number of para-hydroxylation sites is 2. The minimum absolute atomic E-state index is 0.161. The van der Waals surface area contributed by atoms with E-state index >= 15 is 0 Å². The molecule has 4 aromatic rings. The highest BCUT2D eigenvalue weighted by molar-refractivity contribution is 7.92. The van der Waals surface area contributed by atoms with E-state index in [9.17, 15) is 8.42 Å². The van der Waals surface area contributed by atoms with Crippen LogP contribution in [0.4, 0.5) is 11.6 Å². The summed E-state index contributed by atoms with van der Waals surface area (Å²) < 4.78 is 28.7. The summed E-state index contributed by atoms with van der Waals surface area (Å²) in [5, 5.41) is 0. The molecule has 3 aromatic carbocycles. The molecule has 1 aliphatic rings. The van der Waals surface area contributed by atoms with Gasteiger partial charge in [0.25, 0.3) is 10.0 Å². The molecular weight excluding hydrogens is 420 g/mol. The third kappa shape index (κ3) is 3.48. The molecule has 1 aliphatic heterocycles. The van der Waals surface area contributed by atoms with Gasteiger partial charge in [0.2, 0.25) is 0 Å². The van der Waals surface area contributed by atoms with Gasteiger partial charge in [-0.3, -0.25) is 0 Å². The highest BCUT2D eigenvalue weighted by Gasteiger charge is 2.38. The van der Waals surface area contributed by atoms with Crippen LogP contribution in [0.5, 0.6) is 0 Å². The van der Waals surface area contributed by atoms with Gasteiger partial charge in [0, 0.05) is 6.54 Å². The molecule has 0 aliphatic carbocycles. The SMILES string of the molecule is Cc1ccc(CN2CN(S(=O)(=O)c3ccc(C)c(C)c3)c3nc4ccccc4nc32)cc1. The molecule has 0 spiro atoms. The van der Waals surface area contributed by atoms with Gasteiger partial charge in [0.05, 0.1) is 15.9 Å². The smallest absolute Gasteiger partial charge is 0.267 e. The fourth-order valence-electron chi connectivity index (χ4n) is 3.88. The van der Waals surface area contributed by atoms with Crippen molar-refractivity contribution in [1.82, 2.24) is 9.97 Å². The summed E-state index contributed by atoms with van der Waals surface area (Å²) in [7, 11) is -3.80. The second-order valence-corrected chi connectivity index (χ2v) is 10.1. The van der Waals surface area contributed by atoms with Gasteiger partial charge in [-0.2, -0.15) is 0 Å². The molecule has 0 bridgehead atoms. The zero-order valence-electron chi connectivity index (χ0n) is 18.3. The maximum absolute atomic E-state index is 13.7. The molecule has 6 nitrogen and oxygen atoms in total. The van der Waals surface area contributed by atoms with Gasteiger partial charge >= 0.3 is 0 Å². The third-order valence-corrected chi connectivity index (χ3v) is 7.65. The van der Waals surface area contributed by atoms with Gasteiger partial charge in [-0.1, -0.05) is 48.0 Å². The number of aromatic nitrogens is 2. The summed E-state index contributed by atoms with van der Waals surface area (Å²) >= 11 is 0. The van der Waals surface area contributed by atoms with Crippen molar-refractivity contribution in [2.75, 3.05) is 15.9 Å². The number of hydrogen-bond acceptors (Lipinski definition) is 5. The second kappa shape index (κ2) is 7.60. The number of hydrogen-bond donors (Lipinski definition) is 0. The summed E-state index contributed by atoms with van der Waals surface area (Å²) in [5.41, 5.74) is 5.67. The van der Waals surface area contributed by atoms with E-state index in [2.05, 4.69) is 24.3 Å². The summed E-state index contributed by atoms with van der Waals surface area (Å²) in [6, 6.07) is 21.0. The highest BCUT2D eigenvalue weighted by atomic mass is 32.2. The van der Waals surface area contributed by atoms with E-state index in [4.69, 9.17) is 9.97 Å². The Labute approximate surface area is 188 Å². The molecule has 7 heteroatoms. The molecule has 0 atom stereocenters. The molecule has 0 fully saturated rings. The summed E-state index contributed by atoms with van der Waals surface area (Å²) in [6.45, 7) is 6.64. The highest BCUT2D eigenvalue weighted by Crippen LogP contribution is 2.38. The monoisotopic (exact) mass is 444 g/mol. The van der Waals surface area contributed by atoms with Crippen LogP contribution in [-0.2, 0) is 16.6 Å². The number of fused-ring (bicyclic) bond motifs is 2. The van der Waals surface area contributed by atoms with Gasteiger partial charge in [0.1, 0.15) is 6.67 Å². The molecule has 2 heterocycles. The van der Waals surface area contributed by atoms with Crippen LogP contribution in [0.1, 0.15) is 22.3 Å².